The van der Waals surface area contributed by atoms with Crippen LogP contribution in [0.4, 0.5) is 5.69 Å². The summed E-state index contributed by atoms with van der Waals surface area (Å²) >= 11 is 0. The first kappa shape index (κ1) is 11.5. The Morgan fingerprint density at radius 3 is 2.38 bits per heavy atom. The minimum atomic E-state index is 0.224. The molecule has 0 amide bonds. The predicted molar refractivity (Wildman–Crippen MR) is 70.2 cm³/mol. The van der Waals surface area contributed by atoms with E-state index < -0.39 is 0 Å². The summed E-state index contributed by atoms with van der Waals surface area (Å²) in [6.07, 6.45) is 0. The number of anilines is 1. The second-order valence-electron chi connectivity index (χ2n) is 5.66. The van der Waals surface area contributed by atoms with E-state index in [-0.39, 0.29) is 5.41 Å². The number of likely N-dealkylation sites (N-methyl/N-ethyl adjacent to an activating group) is 1. The standard InChI is InChI=1S/C14H22N2/c1-14(2,3)12-7-5-6-8-13(12)16-9-11(10-16)15-4/h5-8,11,15H,9-10H2,1-4H3. The average molecular weight is 218 g/mol. The molecule has 0 bridgehead atoms. The van der Waals surface area contributed by atoms with Crippen LogP contribution in [0, 0.1) is 0 Å². The zero-order valence-electron chi connectivity index (χ0n) is 10.7. The molecule has 1 fully saturated rings. The predicted octanol–water partition coefficient (Wildman–Crippen LogP) is 2.39. The first-order valence-corrected chi connectivity index (χ1v) is 6.04. The van der Waals surface area contributed by atoms with Crippen molar-refractivity contribution in [2.75, 3.05) is 25.0 Å². The van der Waals surface area contributed by atoms with Crippen LogP contribution >= 0.6 is 0 Å². The monoisotopic (exact) mass is 218 g/mol. The Labute approximate surface area is 98.7 Å². The van der Waals surface area contributed by atoms with Crippen molar-refractivity contribution in [1.29, 1.82) is 0 Å². The molecule has 1 N–H and O–H groups in total. The molecule has 2 rings (SSSR count). The Hall–Kier alpha value is -1.02. The molecule has 2 nitrogen and oxygen atoms in total. The van der Waals surface area contributed by atoms with E-state index in [1.165, 1.54) is 11.3 Å². The van der Waals surface area contributed by atoms with Crippen molar-refractivity contribution < 1.29 is 0 Å². The van der Waals surface area contributed by atoms with Gasteiger partial charge in [0.15, 0.2) is 0 Å². The maximum Gasteiger partial charge on any atom is 0.0418 e. The van der Waals surface area contributed by atoms with Crippen LogP contribution in [-0.4, -0.2) is 26.2 Å². The Morgan fingerprint density at radius 1 is 1.19 bits per heavy atom. The molecule has 1 aromatic rings. The fourth-order valence-electron chi connectivity index (χ4n) is 2.24. The first-order valence-electron chi connectivity index (χ1n) is 6.04. The minimum Gasteiger partial charge on any atom is -0.368 e. The number of rotatable bonds is 2. The quantitative estimate of drug-likeness (QED) is 0.820. The highest BCUT2D eigenvalue weighted by Crippen LogP contribution is 2.33. The van der Waals surface area contributed by atoms with Crippen LogP contribution in [0.2, 0.25) is 0 Å². The fraction of sp³-hybridized carbons (Fsp3) is 0.571. The van der Waals surface area contributed by atoms with Crippen molar-refractivity contribution in [1.82, 2.24) is 5.32 Å². The maximum absolute atomic E-state index is 3.32. The van der Waals surface area contributed by atoms with E-state index in [1.807, 2.05) is 7.05 Å². The Balaban J connectivity index is 2.22. The zero-order valence-corrected chi connectivity index (χ0v) is 10.7. The molecule has 0 unspecified atom stereocenters. The van der Waals surface area contributed by atoms with Crippen LogP contribution in [0.15, 0.2) is 24.3 Å². The molecule has 0 aromatic heterocycles. The molecule has 88 valence electrons. The van der Waals surface area contributed by atoms with Crippen molar-refractivity contribution in [3.8, 4) is 0 Å². The molecule has 1 saturated heterocycles. The largest absolute Gasteiger partial charge is 0.368 e. The summed E-state index contributed by atoms with van der Waals surface area (Å²) in [6.45, 7) is 9.09. The highest BCUT2D eigenvalue weighted by Gasteiger charge is 2.29. The summed E-state index contributed by atoms with van der Waals surface area (Å²) in [5.41, 5.74) is 3.08. The summed E-state index contributed by atoms with van der Waals surface area (Å²) in [5, 5.41) is 3.32. The molecule has 2 heteroatoms. The lowest BCUT2D eigenvalue weighted by Gasteiger charge is -2.43. The molecule has 0 saturated carbocycles. The number of hydrogen-bond donors (Lipinski definition) is 1. The molecule has 0 atom stereocenters. The average Bonchev–Trinajstić information content (AvgIpc) is 2.15. The van der Waals surface area contributed by atoms with Crippen LogP contribution in [0.3, 0.4) is 0 Å². The van der Waals surface area contributed by atoms with Crippen molar-refractivity contribution >= 4 is 5.69 Å². The highest BCUT2D eigenvalue weighted by molar-refractivity contribution is 5.58. The van der Waals surface area contributed by atoms with E-state index in [9.17, 15) is 0 Å². The number of para-hydroxylation sites is 1. The number of nitrogens with one attached hydrogen (secondary N) is 1. The van der Waals surface area contributed by atoms with Gasteiger partial charge in [-0.15, -0.1) is 0 Å². The summed E-state index contributed by atoms with van der Waals surface area (Å²) in [7, 11) is 2.04. The van der Waals surface area contributed by atoms with E-state index in [4.69, 9.17) is 0 Å². The second kappa shape index (κ2) is 4.10. The third-order valence-electron chi connectivity index (χ3n) is 3.34. The van der Waals surface area contributed by atoms with Crippen LogP contribution in [0.25, 0.3) is 0 Å². The van der Waals surface area contributed by atoms with Gasteiger partial charge in [-0.05, 0) is 24.1 Å². The molecular formula is C14H22N2. The van der Waals surface area contributed by atoms with Crippen LogP contribution in [0.5, 0.6) is 0 Å². The van der Waals surface area contributed by atoms with Gasteiger partial charge in [0, 0.05) is 24.8 Å². The number of benzene rings is 1. The molecule has 1 heterocycles. The van der Waals surface area contributed by atoms with E-state index >= 15 is 0 Å². The molecule has 1 aromatic carbocycles. The summed E-state index contributed by atoms with van der Waals surface area (Å²) in [5.74, 6) is 0. The molecular weight excluding hydrogens is 196 g/mol. The molecule has 1 aliphatic heterocycles. The SMILES string of the molecule is CNC1CN(c2ccccc2C(C)(C)C)C1. The van der Waals surface area contributed by atoms with E-state index in [1.54, 1.807) is 0 Å². The van der Waals surface area contributed by atoms with E-state index in [0.717, 1.165) is 13.1 Å². The van der Waals surface area contributed by atoms with Crippen molar-refractivity contribution in [2.24, 2.45) is 0 Å². The van der Waals surface area contributed by atoms with Crippen LogP contribution in [0.1, 0.15) is 26.3 Å². The van der Waals surface area contributed by atoms with Gasteiger partial charge in [-0.1, -0.05) is 39.0 Å². The van der Waals surface area contributed by atoms with Gasteiger partial charge >= 0.3 is 0 Å². The van der Waals surface area contributed by atoms with Gasteiger partial charge in [-0.3, -0.25) is 0 Å². The van der Waals surface area contributed by atoms with Gasteiger partial charge in [0.2, 0.25) is 0 Å². The molecule has 1 aliphatic rings. The fourth-order valence-corrected chi connectivity index (χ4v) is 2.24. The summed E-state index contributed by atoms with van der Waals surface area (Å²) in [4.78, 5) is 2.46. The molecule has 16 heavy (non-hydrogen) atoms. The smallest absolute Gasteiger partial charge is 0.0418 e. The van der Waals surface area contributed by atoms with E-state index in [0.29, 0.717) is 6.04 Å². The molecule has 0 radical (unpaired) electrons. The lowest BCUT2D eigenvalue weighted by molar-refractivity contribution is 0.446. The van der Waals surface area contributed by atoms with Crippen molar-refractivity contribution in [3.63, 3.8) is 0 Å². The van der Waals surface area contributed by atoms with E-state index in [2.05, 4.69) is 55.3 Å². The topological polar surface area (TPSA) is 15.3 Å². The molecule has 0 aliphatic carbocycles. The Kier molecular flexibility index (Phi) is 2.94. The minimum absolute atomic E-state index is 0.224. The lowest BCUT2D eigenvalue weighted by Crippen LogP contribution is -2.57. The number of nitrogens with zero attached hydrogens (tertiary/aromatic N) is 1. The van der Waals surface area contributed by atoms with Gasteiger partial charge in [0.25, 0.3) is 0 Å². The van der Waals surface area contributed by atoms with Gasteiger partial charge in [0.1, 0.15) is 0 Å². The van der Waals surface area contributed by atoms with Gasteiger partial charge in [-0.2, -0.15) is 0 Å². The maximum atomic E-state index is 3.32. The zero-order chi connectivity index (χ0) is 11.8. The second-order valence-corrected chi connectivity index (χ2v) is 5.66. The van der Waals surface area contributed by atoms with Crippen molar-refractivity contribution in [3.05, 3.63) is 29.8 Å². The Morgan fingerprint density at radius 2 is 1.81 bits per heavy atom. The van der Waals surface area contributed by atoms with Crippen molar-refractivity contribution in [2.45, 2.75) is 32.2 Å². The highest BCUT2D eigenvalue weighted by atomic mass is 15.2. The summed E-state index contributed by atoms with van der Waals surface area (Å²) in [6, 6.07) is 9.43. The van der Waals surface area contributed by atoms with Gasteiger partial charge in [-0.25, -0.2) is 0 Å². The van der Waals surface area contributed by atoms with Gasteiger partial charge in [0.05, 0.1) is 0 Å². The van der Waals surface area contributed by atoms with Crippen LogP contribution in [-0.2, 0) is 5.41 Å². The van der Waals surface area contributed by atoms with Gasteiger partial charge < -0.3 is 10.2 Å². The summed E-state index contributed by atoms with van der Waals surface area (Å²) < 4.78 is 0. The number of hydrogen-bond acceptors (Lipinski definition) is 2. The first-order chi connectivity index (χ1) is 7.52. The molecule has 0 spiro atoms. The lowest BCUT2D eigenvalue weighted by atomic mass is 9.85. The van der Waals surface area contributed by atoms with Crippen LogP contribution < -0.4 is 10.2 Å². The normalized spacial score (nSPS) is 17.4. The third kappa shape index (κ3) is 2.07. The third-order valence-corrected chi connectivity index (χ3v) is 3.34. The Bertz CT molecular complexity index is 359.